The van der Waals surface area contributed by atoms with Gasteiger partial charge in [0.25, 0.3) is 0 Å². The lowest BCUT2D eigenvalue weighted by molar-refractivity contribution is -0.00420. The van der Waals surface area contributed by atoms with Crippen LogP contribution in [0.3, 0.4) is 0 Å². The fraction of sp³-hybridized carbons (Fsp3) is 0.909. The SMILES string of the molecule is CCOC1CCCN(C(C)CC(=N)N)C1. The zero-order valence-corrected chi connectivity index (χ0v) is 9.83. The van der Waals surface area contributed by atoms with Gasteiger partial charge in [0.05, 0.1) is 11.9 Å². The number of piperidine rings is 1. The molecule has 0 aromatic rings. The summed E-state index contributed by atoms with van der Waals surface area (Å²) < 4.78 is 5.64. The molecule has 88 valence electrons. The molecule has 2 unspecified atom stereocenters. The molecule has 1 aliphatic heterocycles. The maximum atomic E-state index is 7.29. The van der Waals surface area contributed by atoms with Gasteiger partial charge in [-0.2, -0.15) is 0 Å². The minimum absolute atomic E-state index is 0.279. The quantitative estimate of drug-likeness (QED) is 0.533. The van der Waals surface area contributed by atoms with Gasteiger partial charge < -0.3 is 10.5 Å². The van der Waals surface area contributed by atoms with Gasteiger partial charge in [-0.3, -0.25) is 10.3 Å². The Kier molecular flexibility index (Phi) is 5.05. The third-order valence-electron chi connectivity index (χ3n) is 2.95. The average molecular weight is 213 g/mol. The van der Waals surface area contributed by atoms with Crippen LogP contribution in [0.4, 0.5) is 0 Å². The van der Waals surface area contributed by atoms with Gasteiger partial charge in [-0.1, -0.05) is 0 Å². The number of amidine groups is 1. The number of rotatable bonds is 5. The first-order chi connectivity index (χ1) is 7.13. The van der Waals surface area contributed by atoms with Gasteiger partial charge in [0.2, 0.25) is 0 Å². The summed E-state index contributed by atoms with van der Waals surface area (Å²) in [7, 11) is 0. The summed E-state index contributed by atoms with van der Waals surface area (Å²) in [6.45, 7) is 7.06. The zero-order valence-electron chi connectivity index (χ0n) is 9.83. The first kappa shape index (κ1) is 12.5. The van der Waals surface area contributed by atoms with Gasteiger partial charge in [0.1, 0.15) is 0 Å². The molecule has 15 heavy (non-hydrogen) atoms. The largest absolute Gasteiger partial charge is 0.388 e. The molecule has 4 nitrogen and oxygen atoms in total. The molecule has 1 rings (SSSR count). The Bertz CT molecular complexity index is 206. The number of ether oxygens (including phenoxy) is 1. The molecule has 3 N–H and O–H groups in total. The molecule has 1 heterocycles. The molecule has 1 fully saturated rings. The fourth-order valence-corrected chi connectivity index (χ4v) is 2.19. The number of nitrogens with two attached hydrogens (primary N) is 1. The lowest BCUT2D eigenvalue weighted by Gasteiger charge is -2.36. The molecule has 1 aliphatic rings. The van der Waals surface area contributed by atoms with Crippen LogP contribution in [0.5, 0.6) is 0 Å². The summed E-state index contributed by atoms with van der Waals surface area (Å²) in [6, 6.07) is 0.366. The van der Waals surface area contributed by atoms with Crippen molar-refractivity contribution < 1.29 is 4.74 Å². The fourth-order valence-electron chi connectivity index (χ4n) is 2.19. The number of nitrogens with one attached hydrogen (secondary N) is 1. The molecule has 0 saturated carbocycles. The van der Waals surface area contributed by atoms with Crippen LogP contribution in [0, 0.1) is 5.41 Å². The van der Waals surface area contributed by atoms with Gasteiger partial charge in [-0.25, -0.2) is 0 Å². The molecule has 0 amide bonds. The van der Waals surface area contributed by atoms with E-state index in [-0.39, 0.29) is 5.84 Å². The Labute approximate surface area is 92.3 Å². The average Bonchev–Trinajstić information content (AvgIpc) is 2.17. The summed E-state index contributed by atoms with van der Waals surface area (Å²) in [5.74, 6) is 0.279. The zero-order chi connectivity index (χ0) is 11.3. The van der Waals surface area contributed by atoms with Crippen LogP contribution in [-0.2, 0) is 4.74 Å². The minimum Gasteiger partial charge on any atom is -0.388 e. The summed E-state index contributed by atoms with van der Waals surface area (Å²) in [4.78, 5) is 2.38. The van der Waals surface area contributed by atoms with E-state index in [2.05, 4.69) is 11.8 Å². The molecule has 1 saturated heterocycles. The van der Waals surface area contributed by atoms with Gasteiger partial charge >= 0.3 is 0 Å². The van der Waals surface area contributed by atoms with Gasteiger partial charge in [0.15, 0.2) is 0 Å². The summed E-state index contributed by atoms with van der Waals surface area (Å²) in [5, 5.41) is 7.29. The molecule has 0 aliphatic carbocycles. The van der Waals surface area contributed by atoms with Crippen molar-refractivity contribution in [3.05, 3.63) is 0 Å². The first-order valence-corrected chi connectivity index (χ1v) is 5.82. The second kappa shape index (κ2) is 6.08. The number of hydrogen-bond donors (Lipinski definition) is 2. The van der Waals surface area contributed by atoms with E-state index in [0.717, 1.165) is 26.1 Å². The highest BCUT2D eigenvalue weighted by molar-refractivity contribution is 5.77. The van der Waals surface area contributed by atoms with Crippen molar-refractivity contribution in [2.75, 3.05) is 19.7 Å². The first-order valence-electron chi connectivity index (χ1n) is 5.82. The van der Waals surface area contributed by atoms with Crippen molar-refractivity contribution in [3.8, 4) is 0 Å². The highest BCUT2D eigenvalue weighted by atomic mass is 16.5. The van der Waals surface area contributed by atoms with Crippen LogP contribution in [-0.4, -0.2) is 42.6 Å². The topological polar surface area (TPSA) is 62.3 Å². The molecule has 0 spiro atoms. The Balaban J connectivity index is 2.37. The van der Waals surface area contributed by atoms with Gasteiger partial charge in [-0.15, -0.1) is 0 Å². The lowest BCUT2D eigenvalue weighted by atomic mass is 10.0. The second-order valence-corrected chi connectivity index (χ2v) is 4.29. The van der Waals surface area contributed by atoms with Crippen molar-refractivity contribution in [3.63, 3.8) is 0 Å². The van der Waals surface area contributed by atoms with E-state index < -0.39 is 0 Å². The normalized spacial score (nSPS) is 25.1. The highest BCUT2D eigenvalue weighted by Gasteiger charge is 2.23. The molecule has 0 radical (unpaired) electrons. The summed E-state index contributed by atoms with van der Waals surface area (Å²) >= 11 is 0. The Morgan fingerprint density at radius 2 is 2.40 bits per heavy atom. The molecule has 0 bridgehead atoms. The third kappa shape index (κ3) is 4.18. The van der Waals surface area contributed by atoms with Crippen molar-refractivity contribution in [1.82, 2.24) is 4.90 Å². The molecule has 0 aromatic heterocycles. The standard InChI is InChI=1S/C11H23N3O/c1-3-15-10-5-4-6-14(8-10)9(2)7-11(12)13/h9-10H,3-8H2,1-2H3,(H3,12,13). The molecule has 4 heteroatoms. The second-order valence-electron chi connectivity index (χ2n) is 4.29. The van der Waals surface area contributed by atoms with E-state index in [4.69, 9.17) is 15.9 Å². The molecular weight excluding hydrogens is 190 g/mol. The van der Waals surface area contributed by atoms with Crippen molar-refractivity contribution in [2.45, 2.75) is 45.3 Å². The summed E-state index contributed by atoms with van der Waals surface area (Å²) in [6.07, 6.45) is 3.39. The van der Waals surface area contributed by atoms with Gasteiger partial charge in [-0.05, 0) is 33.2 Å². The highest BCUT2D eigenvalue weighted by Crippen LogP contribution is 2.16. The van der Waals surface area contributed by atoms with Crippen LogP contribution >= 0.6 is 0 Å². The Hall–Kier alpha value is -0.610. The lowest BCUT2D eigenvalue weighted by Crippen LogP contribution is -2.45. The van der Waals surface area contributed by atoms with E-state index >= 15 is 0 Å². The van der Waals surface area contributed by atoms with Crippen LogP contribution in [0.2, 0.25) is 0 Å². The van der Waals surface area contributed by atoms with E-state index in [0.29, 0.717) is 18.6 Å². The number of hydrogen-bond acceptors (Lipinski definition) is 3. The third-order valence-corrected chi connectivity index (χ3v) is 2.95. The van der Waals surface area contributed by atoms with E-state index in [1.54, 1.807) is 0 Å². The predicted octanol–water partition coefficient (Wildman–Crippen LogP) is 1.20. The Morgan fingerprint density at radius 1 is 1.67 bits per heavy atom. The molecule has 2 atom stereocenters. The van der Waals surface area contributed by atoms with Crippen molar-refractivity contribution in [1.29, 1.82) is 5.41 Å². The van der Waals surface area contributed by atoms with Gasteiger partial charge in [0, 0.05) is 25.6 Å². The Morgan fingerprint density at radius 3 is 3.00 bits per heavy atom. The minimum atomic E-state index is 0.279. The molecule has 0 aromatic carbocycles. The van der Waals surface area contributed by atoms with E-state index in [9.17, 15) is 0 Å². The predicted molar refractivity (Wildman–Crippen MR) is 62.2 cm³/mol. The molecular formula is C11H23N3O. The van der Waals surface area contributed by atoms with Crippen LogP contribution in [0.25, 0.3) is 0 Å². The van der Waals surface area contributed by atoms with Crippen LogP contribution in [0.1, 0.15) is 33.1 Å². The maximum Gasteiger partial charge on any atom is 0.0920 e. The van der Waals surface area contributed by atoms with Crippen LogP contribution < -0.4 is 5.73 Å². The van der Waals surface area contributed by atoms with Crippen LogP contribution in [0.15, 0.2) is 0 Å². The van der Waals surface area contributed by atoms with E-state index in [1.807, 2.05) is 6.92 Å². The number of nitrogens with zero attached hydrogens (tertiary/aromatic N) is 1. The smallest absolute Gasteiger partial charge is 0.0920 e. The monoisotopic (exact) mass is 213 g/mol. The van der Waals surface area contributed by atoms with Crippen molar-refractivity contribution in [2.24, 2.45) is 5.73 Å². The van der Waals surface area contributed by atoms with Crippen molar-refractivity contribution >= 4 is 5.84 Å². The summed E-state index contributed by atoms with van der Waals surface area (Å²) in [5.41, 5.74) is 5.42. The van der Waals surface area contributed by atoms with E-state index in [1.165, 1.54) is 6.42 Å². The maximum absolute atomic E-state index is 7.29. The number of likely N-dealkylation sites (tertiary alicyclic amines) is 1.